The number of H-pyrrole nitrogens is 1. The lowest BCUT2D eigenvalue weighted by Gasteiger charge is -2.25. The molecule has 2 aromatic carbocycles. The molecule has 5 nitrogen and oxygen atoms in total. The van der Waals surface area contributed by atoms with Gasteiger partial charge in [0, 0.05) is 23.5 Å². The molecule has 5 heteroatoms. The first kappa shape index (κ1) is 16.4. The fraction of sp³-hybridized carbons (Fsp3) is 0.238. The van der Waals surface area contributed by atoms with E-state index in [0.29, 0.717) is 17.6 Å². The average Bonchev–Trinajstić information content (AvgIpc) is 3.16. The first-order valence-corrected chi connectivity index (χ1v) is 8.74. The van der Waals surface area contributed by atoms with Gasteiger partial charge in [0.25, 0.3) is 5.91 Å². The number of aromatic amines is 1. The van der Waals surface area contributed by atoms with Crippen LogP contribution in [0.2, 0.25) is 0 Å². The van der Waals surface area contributed by atoms with Gasteiger partial charge in [-0.05, 0) is 36.6 Å². The molecule has 1 fully saturated rings. The predicted molar refractivity (Wildman–Crippen MR) is 101 cm³/mol. The Kier molecular flexibility index (Phi) is 4.21. The molecular formula is C21H20N2O3. The van der Waals surface area contributed by atoms with Crippen LogP contribution in [-0.2, 0) is 0 Å². The van der Waals surface area contributed by atoms with E-state index in [0.717, 1.165) is 29.5 Å². The predicted octanol–water partition coefficient (Wildman–Crippen LogP) is 3.51. The number of likely N-dealkylation sites (tertiary alicyclic amines) is 1. The number of pyridine rings is 1. The number of carbonyl (C=O) groups excluding carboxylic acids is 1. The van der Waals surface area contributed by atoms with E-state index in [1.165, 1.54) is 6.07 Å². The van der Waals surface area contributed by atoms with Crippen LogP contribution in [0.5, 0.6) is 5.75 Å². The molecule has 1 aliphatic heterocycles. The van der Waals surface area contributed by atoms with Crippen LogP contribution in [0.1, 0.15) is 34.8 Å². The Bertz CT molecular complexity index is 1010. The number of nitrogens with one attached hydrogen (secondary N) is 1. The molecule has 4 rings (SSSR count). The van der Waals surface area contributed by atoms with Crippen molar-refractivity contribution in [3.8, 4) is 5.75 Å². The first-order chi connectivity index (χ1) is 12.7. The van der Waals surface area contributed by atoms with Gasteiger partial charge in [0.1, 0.15) is 5.75 Å². The van der Waals surface area contributed by atoms with Crippen molar-refractivity contribution in [2.24, 2.45) is 0 Å². The van der Waals surface area contributed by atoms with E-state index in [1.54, 1.807) is 7.11 Å². The second kappa shape index (κ2) is 6.67. The van der Waals surface area contributed by atoms with Gasteiger partial charge in [0.2, 0.25) is 5.56 Å². The standard InChI is InChI=1S/C21H20N2O3/c1-26-15-10-8-14(9-11-15)19-7-4-12-23(19)21(25)17-13-20(24)22-18-6-3-2-5-16(17)18/h2-3,5-6,8-11,13,19H,4,7,12H2,1H3,(H,22,24). The summed E-state index contributed by atoms with van der Waals surface area (Å²) in [6.07, 6.45) is 1.86. The minimum absolute atomic E-state index is 0.0199. The van der Waals surface area contributed by atoms with Gasteiger partial charge in [-0.15, -0.1) is 0 Å². The van der Waals surface area contributed by atoms with Crippen molar-refractivity contribution in [2.75, 3.05) is 13.7 Å². The van der Waals surface area contributed by atoms with Crippen molar-refractivity contribution in [3.05, 3.63) is 76.1 Å². The van der Waals surface area contributed by atoms with E-state index >= 15 is 0 Å². The van der Waals surface area contributed by atoms with Gasteiger partial charge in [-0.3, -0.25) is 9.59 Å². The number of methoxy groups -OCH3 is 1. The molecule has 0 spiro atoms. The molecule has 0 saturated carbocycles. The van der Waals surface area contributed by atoms with E-state index in [2.05, 4.69) is 4.98 Å². The van der Waals surface area contributed by atoms with Crippen molar-refractivity contribution in [1.82, 2.24) is 9.88 Å². The van der Waals surface area contributed by atoms with Crippen LogP contribution >= 0.6 is 0 Å². The Balaban J connectivity index is 1.72. The Morgan fingerprint density at radius 2 is 1.92 bits per heavy atom. The number of ether oxygens (including phenoxy) is 1. The zero-order chi connectivity index (χ0) is 18.1. The van der Waals surface area contributed by atoms with Gasteiger partial charge < -0.3 is 14.6 Å². The molecule has 0 aliphatic carbocycles. The molecule has 1 N–H and O–H groups in total. The Morgan fingerprint density at radius 3 is 2.69 bits per heavy atom. The van der Waals surface area contributed by atoms with E-state index in [9.17, 15) is 9.59 Å². The third kappa shape index (κ3) is 2.86. The maximum atomic E-state index is 13.3. The monoisotopic (exact) mass is 348 g/mol. The van der Waals surface area contributed by atoms with E-state index in [4.69, 9.17) is 4.74 Å². The highest BCUT2D eigenvalue weighted by atomic mass is 16.5. The number of fused-ring (bicyclic) bond motifs is 1. The molecule has 0 radical (unpaired) electrons. The van der Waals surface area contributed by atoms with Crippen molar-refractivity contribution >= 4 is 16.8 Å². The maximum Gasteiger partial charge on any atom is 0.255 e. The highest BCUT2D eigenvalue weighted by Gasteiger charge is 2.31. The third-order valence-corrected chi connectivity index (χ3v) is 5.00. The fourth-order valence-electron chi connectivity index (χ4n) is 3.72. The normalized spacial score (nSPS) is 16.8. The number of para-hydroxylation sites is 1. The summed E-state index contributed by atoms with van der Waals surface area (Å²) in [5.41, 5.74) is 1.98. The van der Waals surface area contributed by atoms with Crippen molar-refractivity contribution < 1.29 is 9.53 Å². The zero-order valence-corrected chi connectivity index (χ0v) is 14.6. The van der Waals surface area contributed by atoms with Gasteiger partial charge in [0.15, 0.2) is 0 Å². The molecule has 1 aromatic heterocycles. The lowest BCUT2D eigenvalue weighted by molar-refractivity contribution is 0.0737. The Hall–Kier alpha value is -3.08. The van der Waals surface area contributed by atoms with E-state index in [1.807, 2.05) is 53.4 Å². The number of nitrogens with zero attached hydrogens (tertiary/aromatic N) is 1. The SMILES string of the molecule is COc1ccc(C2CCCN2C(=O)c2cc(=O)[nH]c3ccccc23)cc1. The molecule has 26 heavy (non-hydrogen) atoms. The van der Waals surface area contributed by atoms with Gasteiger partial charge in [-0.25, -0.2) is 0 Å². The minimum Gasteiger partial charge on any atom is -0.497 e. The van der Waals surface area contributed by atoms with Crippen LogP contribution < -0.4 is 10.3 Å². The largest absolute Gasteiger partial charge is 0.497 e. The highest BCUT2D eigenvalue weighted by Crippen LogP contribution is 2.34. The zero-order valence-electron chi connectivity index (χ0n) is 14.6. The van der Waals surface area contributed by atoms with E-state index < -0.39 is 0 Å². The summed E-state index contributed by atoms with van der Waals surface area (Å²) in [7, 11) is 1.64. The molecule has 0 bridgehead atoms. The molecule has 1 atom stereocenters. The summed E-state index contributed by atoms with van der Waals surface area (Å²) in [4.78, 5) is 29.9. The fourth-order valence-corrected chi connectivity index (χ4v) is 3.72. The van der Waals surface area contributed by atoms with Crippen LogP contribution in [0.4, 0.5) is 0 Å². The smallest absolute Gasteiger partial charge is 0.255 e. The Morgan fingerprint density at radius 1 is 1.15 bits per heavy atom. The van der Waals surface area contributed by atoms with Crippen molar-refractivity contribution in [1.29, 1.82) is 0 Å². The molecule has 1 saturated heterocycles. The number of carbonyl (C=O) groups is 1. The van der Waals surface area contributed by atoms with Crippen LogP contribution in [0.15, 0.2) is 59.4 Å². The summed E-state index contributed by atoms with van der Waals surface area (Å²) in [5, 5.41) is 0.775. The molecule has 1 aliphatic rings. The topological polar surface area (TPSA) is 62.4 Å². The second-order valence-corrected chi connectivity index (χ2v) is 6.52. The van der Waals surface area contributed by atoms with Crippen molar-refractivity contribution in [2.45, 2.75) is 18.9 Å². The maximum absolute atomic E-state index is 13.3. The van der Waals surface area contributed by atoms with Gasteiger partial charge in [-0.1, -0.05) is 30.3 Å². The molecule has 1 amide bonds. The van der Waals surface area contributed by atoms with Crippen LogP contribution in [0.3, 0.4) is 0 Å². The molecule has 1 unspecified atom stereocenters. The number of rotatable bonds is 3. The number of benzene rings is 2. The van der Waals surface area contributed by atoms with Gasteiger partial charge >= 0.3 is 0 Å². The molecular weight excluding hydrogens is 328 g/mol. The summed E-state index contributed by atoms with van der Waals surface area (Å²) < 4.78 is 5.22. The highest BCUT2D eigenvalue weighted by molar-refractivity contribution is 6.06. The Labute approximate surface area is 151 Å². The number of hydrogen-bond donors (Lipinski definition) is 1. The number of aromatic nitrogens is 1. The quantitative estimate of drug-likeness (QED) is 0.788. The molecule has 132 valence electrons. The molecule has 3 aromatic rings. The van der Waals surface area contributed by atoms with Crippen molar-refractivity contribution in [3.63, 3.8) is 0 Å². The average molecular weight is 348 g/mol. The summed E-state index contributed by atoms with van der Waals surface area (Å²) in [6.45, 7) is 0.691. The van der Waals surface area contributed by atoms with Gasteiger partial charge in [0.05, 0.1) is 18.7 Å². The van der Waals surface area contributed by atoms with Gasteiger partial charge in [-0.2, -0.15) is 0 Å². The van der Waals surface area contributed by atoms with Crippen LogP contribution in [-0.4, -0.2) is 29.4 Å². The third-order valence-electron chi connectivity index (χ3n) is 5.00. The molecule has 2 heterocycles. The van der Waals surface area contributed by atoms with E-state index in [-0.39, 0.29) is 17.5 Å². The van der Waals surface area contributed by atoms with Crippen LogP contribution in [0.25, 0.3) is 10.9 Å². The minimum atomic E-state index is -0.257. The lowest BCUT2D eigenvalue weighted by Crippen LogP contribution is -2.31. The van der Waals surface area contributed by atoms with Crippen LogP contribution in [0, 0.1) is 0 Å². The number of hydrogen-bond acceptors (Lipinski definition) is 3. The summed E-state index contributed by atoms with van der Waals surface area (Å²) in [6, 6.07) is 16.7. The summed E-state index contributed by atoms with van der Waals surface area (Å²) >= 11 is 0. The number of amides is 1. The lowest BCUT2D eigenvalue weighted by atomic mass is 10.0. The summed E-state index contributed by atoms with van der Waals surface area (Å²) in [5.74, 6) is 0.704. The second-order valence-electron chi connectivity index (χ2n) is 6.52. The first-order valence-electron chi connectivity index (χ1n) is 8.74.